The molecule has 0 aromatic heterocycles. The fourth-order valence-corrected chi connectivity index (χ4v) is 2.38. The van der Waals surface area contributed by atoms with Crippen LogP contribution in [0.15, 0.2) is 42.5 Å². The van der Waals surface area contributed by atoms with Gasteiger partial charge in [-0.1, -0.05) is 12.1 Å². The molecular formula is C20H21N3O6. The summed E-state index contributed by atoms with van der Waals surface area (Å²) in [5.74, 6) is -1.99. The quantitative estimate of drug-likeness (QED) is 0.418. The number of nitro groups is 1. The van der Waals surface area contributed by atoms with Crippen molar-refractivity contribution in [2.75, 3.05) is 11.9 Å². The monoisotopic (exact) mass is 399 g/mol. The third kappa shape index (κ3) is 6.13. The number of non-ortho nitro benzene ring substituents is 1. The van der Waals surface area contributed by atoms with Gasteiger partial charge >= 0.3 is 5.97 Å². The number of anilines is 1. The Balaban J connectivity index is 1.86. The summed E-state index contributed by atoms with van der Waals surface area (Å²) in [5.41, 5.74) is 2.48. The molecule has 0 fully saturated rings. The fraction of sp³-hybridized carbons (Fsp3) is 0.250. The van der Waals surface area contributed by atoms with E-state index in [0.29, 0.717) is 5.69 Å². The maximum Gasteiger partial charge on any atom is 0.328 e. The van der Waals surface area contributed by atoms with Crippen molar-refractivity contribution >= 4 is 29.2 Å². The molecule has 0 aliphatic rings. The second-order valence-electron chi connectivity index (χ2n) is 6.46. The number of benzene rings is 2. The number of esters is 1. The molecule has 0 spiro atoms. The first-order valence-corrected chi connectivity index (χ1v) is 8.76. The Hall–Kier alpha value is -3.75. The van der Waals surface area contributed by atoms with Gasteiger partial charge in [0.15, 0.2) is 6.61 Å². The van der Waals surface area contributed by atoms with Crippen LogP contribution in [0.5, 0.6) is 0 Å². The lowest BCUT2D eigenvalue weighted by Crippen LogP contribution is -2.40. The molecule has 0 saturated heterocycles. The molecule has 1 atom stereocenters. The minimum Gasteiger partial charge on any atom is -0.454 e. The first kappa shape index (κ1) is 21.5. The highest BCUT2D eigenvalue weighted by molar-refractivity contribution is 5.97. The largest absolute Gasteiger partial charge is 0.454 e. The number of ether oxygens (including phenoxy) is 1. The minimum atomic E-state index is -1.05. The Kier molecular flexibility index (Phi) is 7.02. The van der Waals surface area contributed by atoms with E-state index in [0.717, 1.165) is 17.2 Å². The van der Waals surface area contributed by atoms with E-state index in [-0.39, 0.29) is 11.3 Å². The van der Waals surface area contributed by atoms with Crippen molar-refractivity contribution in [2.45, 2.75) is 26.8 Å². The molecule has 1 unspecified atom stereocenters. The Labute approximate surface area is 167 Å². The summed E-state index contributed by atoms with van der Waals surface area (Å²) in [7, 11) is 0. The second kappa shape index (κ2) is 9.45. The van der Waals surface area contributed by atoms with Gasteiger partial charge in [0, 0.05) is 23.4 Å². The maximum absolute atomic E-state index is 12.2. The van der Waals surface area contributed by atoms with E-state index in [1.165, 1.54) is 25.1 Å². The van der Waals surface area contributed by atoms with Gasteiger partial charge in [0.25, 0.3) is 17.5 Å². The van der Waals surface area contributed by atoms with Crippen molar-refractivity contribution < 1.29 is 24.0 Å². The van der Waals surface area contributed by atoms with Gasteiger partial charge in [-0.05, 0) is 50.1 Å². The fourth-order valence-electron chi connectivity index (χ4n) is 2.38. The van der Waals surface area contributed by atoms with E-state index in [1.807, 2.05) is 19.9 Å². The van der Waals surface area contributed by atoms with E-state index in [4.69, 9.17) is 4.74 Å². The van der Waals surface area contributed by atoms with E-state index in [9.17, 15) is 24.5 Å². The van der Waals surface area contributed by atoms with Crippen molar-refractivity contribution in [3.8, 4) is 0 Å². The third-order valence-electron chi connectivity index (χ3n) is 4.16. The van der Waals surface area contributed by atoms with Crippen LogP contribution in [0, 0.1) is 24.0 Å². The number of nitrogens with one attached hydrogen (secondary N) is 2. The highest BCUT2D eigenvalue weighted by Crippen LogP contribution is 2.14. The van der Waals surface area contributed by atoms with Crippen LogP contribution in [-0.2, 0) is 14.3 Å². The SMILES string of the molecule is Cc1ccc(NC(=O)COC(=O)C(C)NC(=O)c2cccc([N+](=O)[O-])c2)cc1C. The molecule has 0 heterocycles. The average molecular weight is 399 g/mol. The molecule has 0 aliphatic carbocycles. The van der Waals surface area contributed by atoms with Crippen molar-refractivity contribution in [1.29, 1.82) is 0 Å². The van der Waals surface area contributed by atoms with Crippen LogP contribution >= 0.6 is 0 Å². The van der Waals surface area contributed by atoms with Gasteiger partial charge in [0.1, 0.15) is 6.04 Å². The number of nitrogens with zero attached hydrogens (tertiary/aromatic N) is 1. The van der Waals surface area contributed by atoms with Gasteiger partial charge in [-0.2, -0.15) is 0 Å². The zero-order valence-electron chi connectivity index (χ0n) is 16.2. The molecule has 0 saturated carbocycles. The van der Waals surface area contributed by atoms with Gasteiger partial charge in [0.05, 0.1) is 4.92 Å². The Morgan fingerprint density at radius 1 is 1.10 bits per heavy atom. The molecular weight excluding hydrogens is 378 g/mol. The highest BCUT2D eigenvalue weighted by atomic mass is 16.6. The molecule has 29 heavy (non-hydrogen) atoms. The van der Waals surface area contributed by atoms with Crippen molar-refractivity contribution in [1.82, 2.24) is 5.32 Å². The Bertz CT molecular complexity index is 957. The van der Waals surface area contributed by atoms with Crippen molar-refractivity contribution in [2.24, 2.45) is 0 Å². The van der Waals surface area contributed by atoms with Gasteiger partial charge < -0.3 is 15.4 Å². The van der Waals surface area contributed by atoms with Crippen LogP contribution < -0.4 is 10.6 Å². The molecule has 152 valence electrons. The topological polar surface area (TPSA) is 128 Å². The predicted molar refractivity (Wildman–Crippen MR) is 106 cm³/mol. The van der Waals surface area contributed by atoms with Crippen LogP contribution in [0.1, 0.15) is 28.4 Å². The van der Waals surface area contributed by atoms with Crippen LogP contribution in [0.4, 0.5) is 11.4 Å². The number of carbonyl (C=O) groups is 3. The second-order valence-corrected chi connectivity index (χ2v) is 6.46. The minimum absolute atomic E-state index is 0.0336. The van der Waals surface area contributed by atoms with Crippen LogP contribution in [0.25, 0.3) is 0 Å². The van der Waals surface area contributed by atoms with Gasteiger partial charge in [-0.25, -0.2) is 4.79 Å². The van der Waals surface area contributed by atoms with E-state index < -0.39 is 35.4 Å². The van der Waals surface area contributed by atoms with E-state index in [2.05, 4.69) is 10.6 Å². The molecule has 2 N–H and O–H groups in total. The predicted octanol–water partition coefficient (Wildman–Crippen LogP) is 2.51. The summed E-state index contributed by atoms with van der Waals surface area (Å²) < 4.78 is 4.92. The zero-order chi connectivity index (χ0) is 21.6. The lowest BCUT2D eigenvalue weighted by Gasteiger charge is -2.13. The number of nitro benzene ring substituents is 1. The summed E-state index contributed by atoms with van der Waals surface area (Å²) in [5, 5.41) is 15.8. The van der Waals surface area contributed by atoms with Crippen LogP contribution in [0.2, 0.25) is 0 Å². The van der Waals surface area contributed by atoms with E-state index >= 15 is 0 Å². The highest BCUT2D eigenvalue weighted by Gasteiger charge is 2.20. The molecule has 0 aliphatic heterocycles. The molecule has 9 nitrogen and oxygen atoms in total. The number of hydrogen-bond donors (Lipinski definition) is 2. The average Bonchev–Trinajstić information content (AvgIpc) is 2.68. The summed E-state index contributed by atoms with van der Waals surface area (Å²) in [6.07, 6.45) is 0. The summed E-state index contributed by atoms with van der Waals surface area (Å²) >= 11 is 0. The van der Waals surface area contributed by atoms with Crippen molar-refractivity contribution in [3.05, 3.63) is 69.3 Å². The van der Waals surface area contributed by atoms with Crippen LogP contribution in [0.3, 0.4) is 0 Å². The molecule has 0 radical (unpaired) electrons. The molecule has 0 bridgehead atoms. The first-order valence-electron chi connectivity index (χ1n) is 8.76. The van der Waals surface area contributed by atoms with Gasteiger partial charge in [-0.3, -0.25) is 19.7 Å². The molecule has 2 rings (SSSR count). The van der Waals surface area contributed by atoms with Crippen molar-refractivity contribution in [3.63, 3.8) is 0 Å². The third-order valence-corrected chi connectivity index (χ3v) is 4.16. The van der Waals surface area contributed by atoms with Gasteiger partial charge in [0.2, 0.25) is 0 Å². The maximum atomic E-state index is 12.2. The van der Waals surface area contributed by atoms with E-state index in [1.54, 1.807) is 12.1 Å². The summed E-state index contributed by atoms with van der Waals surface area (Å²) in [6.45, 7) is 4.74. The first-order chi connectivity index (χ1) is 13.7. The Morgan fingerprint density at radius 2 is 1.83 bits per heavy atom. The molecule has 2 aromatic rings. The number of rotatable bonds is 7. The standard InChI is InChI=1S/C20H21N3O6/c1-12-7-8-16(9-13(12)2)22-18(24)11-29-20(26)14(3)21-19(25)15-5-4-6-17(10-15)23(27)28/h4-10,14H,11H2,1-3H3,(H,21,25)(H,22,24). The summed E-state index contributed by atoms with van der Waals surface area (Å²) in [4.78, 5) is 46.3. The summed E-state index contributed by atoms with van der Waals surface area (Å²) in [6, 6.07) is 9.47. The normalized spacial score (nSPS) is 11.3. The number of aryl methyl sites for hydroxylation is 2. The lowest BCUT2D eigenvalue weighted by atomic mass is 10.1. The van der Waals surface area contributed by atoms with Crippen LogP contribution in [-0.4, -0.2) is 35.4 Å². The lowest BCUT2D eigenvalue weighted by molar-refractivity contribution is -0.384. The Morgan fingerprint density at radius 3 is 2.48 bits per heavy atom. The molecule has 2 aromatic carbocycles. The molecule has 2 amide bonds. The smallest absolute Gasteiger partial charge is 0.328 e. The number of hydrogen-bond acceptors (Lipinski definition) is 6. The zero-order valence-corrected chi connectivity index (χ0v) is 16.2. The number of amides is 2. The molecule has 9 heteroatoms. The number of carbonyl (C=O) groups excluding carboxylic acids is 3. The van der Waals surface area contributed by atoms with Gasteiger partial charge in [-0.15, -0.1) is 0 Å².